The number of carbonyl (C=O) groups excluding carboxylic acids is 2. The second-order valence-corrected chi connectivity index (χ2v) is 7.71. The number of piperidine rings is 1. The molecule has 6 heteroatoms. The number of aromatic amines is 1. The molecule has 140 valence electrons. The fourth-order valence-corrected chi connectivity index (χ4v) is 5.56. The summed E-state index contributed by atoms with van der Waals surface area (Å²) in [5.74, 6) is -0.533. The fourth-order valence-electron chi connectivity index (χ4n) is 5.56. The van der Waals surface area contributed by atoms with Crippen LogP contribution in [0.3, 0.4) is 0 Å². The number of aromatic nitrogens is 1. The van der Waals surface area contributed by atoms with E-state index >= 15 is 0 Å². The van der Waals surface area contributed by atoms with Crippen molar-refractivity contribution in [3.63, 3.8) is 0 Å². The minimum atomic E-state index is -0.916. The van der Waals surface area contributed by atoms with Crippen LogP contribution in [0, 0.1) is 5.92 Å². The minimum absolute atomic E-state index is 0.112. The zero-order chi connectivity index (χ0) is 18.8. The van der Waals surface area contributed by atoms with Gasteiger partial charge in [-0.05, 0) is 30.4 Å². The standard InChI is InChI=1S/C21H22N2O4/c1-26-19(24)15-9-12-10-21(20(25)27-2)17-14(7-8-23(11-12)18(15)21)13-5-3-4-6-16(13)22-17/h3-6,9,12,18,22H,7-8,10-11H2,1-2H3. The van der Waals surface area contributed by atoms with Crippen LogP contribution in [0.1, 0.15) is 17.7 Å². The molecule has 4 atom stereocenters. The molecule has 27 heavy (non-hydrogen) atoms. The van der Waals surface area contributed by atoms with Gasteiger partial charge in [-0.3, -0.25) is 9.69 Å². The van der Waals surface area contributed by atoms with E-state index in [0.717, 1.165) is 41.7 Å². The van der Waals surface area contributed by atoms with E-state index in [2.05, 4.69) is 16.0 Å². The Bertz CT molecular complexity index is 991. The molecule has 2 aromatic rings. The zero-order valence-electron chi connectivity index (χ0n) is 15.5. The molecule has 6 nitrogen and oxygen atoms in total. The van der Waals surface area contributed by atoms with Crippen molar-refractivity contribution >= 4 is 22.8 Å². The number of para-hydroxylation sites is 1. The number of benzene rings is 1. The predicted molar refractivity (Wildman–Crippen MR) is 99.3 cm³/mol. The van der Waals surface area contributed by atoms with Gasteiger partial charge in [0.05, 0.1) is 25.8 Å². The number of ether oxygens (including phenoxy) is 2. The normalized spacial score (nSPS) is 31.0. The van der Waals surface area contributed by atoms with E-state index in [-0.39, 0.29) is 23.9 Å². The molecule has 1 N–H and O–H groups in total. The second-order valence-electron chi connectivity index (χ2n) is 7.71. The highest BCUT2D eigenvalue weighted by Gasteiger charge is 2.62. The van der Waals surface area contributed by atoms with Gasteiger partial charge in [0.25, 0.3) is 0 Å². The monoisotopic (exact) mass is 366 g/mol. The predicted octanol–water partition coefficient (Wildman–Crippen LogP) is 1.94. The highest BCUT2D eigenvalue weighted by atomic mass is 16.5. The molecule has 4 bridgehead atoms. The van der Waals surface area contributed by atoms with Crippen LogP contribution >= 0.6 is 0 Å². The molecular formula is C21H22N2O4. The highest BCUT2D eigenvalue weighted by molar-refractivity contribution is 5.97. The van der Waals surface area contributed by atoms with Crippen LogP contribution in [0.5, 0.6) is 0 Å². The Balaban J connectivity index is 1.81. The zero-order valence-corrected chi connectivity index (χ0v) is 15.5. The largest absolute Gasteiger partial charge is 0.468 e. The molecule has 0 amide bonds. The van der Waals surface area contributed by atoms with E-state index in [4.69, 9.17) is 9.47 Å². The maximum Gasteiger partial charge on any atom is 0.335 e. The van der Waals surface area contributed by atoms with Crippen molar-refractivity contribution in [2.45, 2.75) is 24.3 Å². The first-order valence-corrected chi connectivity index (χ1v) is 9.32. The Hall–Kier alpha value is -2.60. The van der Waals surface area contributed by atoms with Crippen molar-refractivity contribution in [1.82, 2.24) is 9.88 Å². The van der Waals surface area contributed by atoms with Gasteiger partial charge >= 0.3 is 11.9 Å². The number of nitrogens with zero attached hydrogens (tertiary/aromatic N) is 1. The molecule has 0 radical (unpaired) electrons. The van der Waals surface area contributed by atoms with Gasteiger partial charge in [-0.1, -0.05) is 24.3 Å². The van der Waals surface area contributed by atoms with Crippen molar-refractivity contribution < 1.29 is 19.1 Å². The molecule has 1 aromatic carbocycles. The maximum absolute atomic E-state index is 13.3. The van der Waals surface area contributed by atoms with E-state index < -0.39 is 5.41 Å². The first-order chi connectivity index (χ1) is 13.1. The highest BCUT2D eigenvalue weighted by Crippen LogP contribution is 2.52. The molecule has 6 rings (SSSR count). The van der Waals surface area contributed by atoms with Crippen molar-refractivity contribution in [2.75, 3.05) is 27.3 Å². The third-order valence-corrected chi connectivity index (χ3v) is 6.47. The minimum Gasteiger partial charge on any atom is -0.468 e. The summed E-state index contributed by atoms with van der Waals surface area (Å²) >= 11 is 0. The van der Waals surface area contributed by atoms with Gasteiger partial charge in [-0.2, -0.15) is 0 Å². The fraction of sp³-hybridized carbons (Fsp3) is 0.429. The van der Waals surface area contributed by atoms with Gasteiger partial charge in [0.2, 0.25) is 0 Å². The molecule has 0 spiro atoms. The van der Waals surface area contributed by atoms with Gasteiger partial charge in [-0.15, -0.1) is 0 Å². The summed E-state index contributed by atoms with van der Waals surface area (Å²) in [6.07, 6.45) is 3.47. The van der Waals surface area contributed by atoms with Gasteiger partial charge in [0.1, 0.15) is 5.41 Å². The van der Waals surface area contributed by atoms with Gasteiger partial charge < -0.3 is 14.5 Å². The SMILES string of the molecule is COC(=O)C1=CC2CN3CCc4c([nH]c5ccccc45)C(C(=O)OC)(C2)C13. The molecule has 1 aliphatic carbocycles. The Morgan fingerprint density at radius 3 is 2.81 bits per heavy atom. The molecule has 1 saturated heterocycles. The third-order valence-electron chi connectivity index (χ3n) is 6.47. The second kappa shape index (κ2) is 5.70. The summed E-state index contributed by atoms with van der Waals surface area (Å²) in [6, 6.07) is 7.77. The van der Waals surface area contributed by atoms with Gasteiger partial charge in [0.15, 0.2) is 0 Å². The van der Waals surface area contributed by atoms with Crippen LogP contribution in [-0.2, 0) is 30.9 Å². The number of rotatable bonds is 2. The van der Waals surface area contributed by atoms with Crippen LogP contribution < -0.4 is 0 Å². The van der Waals surface area contributed by atoms with Crippen LogP contribution in [-0.4, -0.2) is 55.2 Å². The maximum atomic E-state index is 13.3. The topological polar surface area (TPSA) is 71.6 Å². The van der Waals surface area contributed by atoms with Crippen LogP contribution in [0.2, 0.25) is 0 Å². The number of methoxy groups -OCH3 is 2. The molecule has 1 aromatic heterocycles. The summed E-state index contributed by atoms with van der Waals surface area (Å²) in [6.45, 7) is 1.65. The smallest absolute Gasteiger partial charge is 0.335 e. The van der Waals surface area contributed by atoms with Gasteiger partial charge in [-0.25, -0.2) is 4.79 Å². The Morgan fingerprint density at radius 2 is 2.04 bits per heavy atom. The van der Waals surface area contributed by atoms with Crippen molar-refractivity contribution in [3.05, 3.63) is 47.2 Å². The Morgan fingerprint density at radius 1 is 1.22 bits per heavy atom. The summed E-state index contributed by atoms with van der Waals surface area (Å²) in [5, 5.41) is 1.14. The van der Waals surface area contributed by atoms with Gasteiger partial charge in [0, 0.05) is 29.7 Å². The molecule has 4 heterocycles. The van der Waals surface area contributed by atoms with Crippen LogP contribution in [0.15, 0.2) is 35.9 Å². The summed E-state index contributed by atoms with van der Waals surface area (Å²) < 4.78 is 10.4. The molecule has 1 fully saturated rings. The van der Waals surface area contributed by atoms with E-state index in [1.54, 1.807) is 0 Å². The summed E-state index contributed by atoms with van der Waals surface area (Å²) in [4.78, 5) is 31.6. The number of H-pyrrole nitrogens is 1. The molecular weight excluding hydrogens is 344 g/mol. The lowest BCUT2D eigenvalue weighted by Crippen LogP contribution is -2.64. The lowest BCUT2D eigenvalue weighted by molar-refractivity contribution is -0.155. The number of hydrogen-bond donors (Lipinski definition) is 1. The average Bonchev–Trinajstić information content (AvgIpc) is 3.05. The van der Waals surface area contributed by atoms with Crippen molar-refractivity contribution in [2.24, 2.45) is 5.92 Å². The first kappa shape index (κ1) is 16.6. The number of hydrogen-bond acceptors (Lipinski definition) is 5. The molecule has 3 aliphatic heterocycles. The van der Waals surface area contributed by atoms with E-state index in [0.29, 0.717) is 12.0 Å². The number of fused-ring (bicyclic) bond motifs is 3. The number of esters is 2. The van der Waals surface area contributed by atoms with E-state index in [1.165, 1.54) is 14.2 Å². The Labute approximate surface area is 157 Å². The summed E-state index contributed by atoms with van der Waals surface area (Å²) in [5.41, 5.74) is 2.75. The first-order valence-electron chi connectivity index (χ1n) is 9.32. The number of carbonyl (C=O) groups is 2. The third kappa shape index (κ3) is 2.04. The quantitative estimate of drug-likeness (QED) is 0.823. The molecule has 4 unspecified atom stereocenters. The molecule has 4 aliphatic rings. The lowest BCUT2D eigenvalue weighted by atomic mass is 9.61. The molecule has 0 saturated carbocycles. The lowest BCUT2D eigenvalue weighted by Gasteiger charge is -2.52. The van der Waals surface area contributed by atoms with Crippen molar-refractivity contribution in [1.29, 1.82) is 0 Å². The van der Waals surface area contributed by atoms with E-state index in [9.17, 15) is 9.59 Å². The van der Waals surface area contributed by atoms with E-state index in [1.807, 2.05) is 24.3 Å². The van der Waals surface area contributed by atoms with Crippen LogP contribution in [0.25, 0.3) is 10.9 Å². The number of nitrogens with one attached hydrogen (secondary N) is 1. The average molecular weight is 366 g/mol. The van der Waals surface area contributed by atoms with Crippen LogP contribution in [0.4, 0.5) is 0 Å². The summed E-state index contributed by atoms with van der Waals surface area (Å²) in [7, 11) is 2.82. The van der Waals surface area contributed by atoms with Crippen molar-refractivity contribution in [3.8, 4) is 0 Å². The Kier molecular flexibility index (Phi) is 3.49.